The molecular weight excluding hydrogens is 453 g/mol. The Kier molecular flexibility index (Phi) is 6.57. The second kappa shape index (κ2) is 9.55. The molecule has 0 saturated carbocycles. The molecule has 0 aliphatic heterocycles. The number of amides is 1. The van der Waals surface area contributed by atoms with Crippen LogP contribution in [0, 0.1) is 11.8 Å². The van der Waals surface area contributed by atoms with Gasteiger partial charge in [0.2, 0.25) is 0 Å². The van der Waals surface area contributed by atoms with Gasteiger partial charge >= 0.3 is 12.3 Å². The van der Waals surface area contributed by atoms with Gasteiger partial charge in [0.05, 0.1) is 5.56 Å². The minimum atomic E-state index is -4.58. The first-order valence-corrected chi connectivity index (χ1v) is 10.5. The maximum Gasteiger partial charge on any atom is 0.419 e. The van der Waals surface area contributed by atoms with E-state index in [-0.39, 0.29) is 36.2 Å². The van der Waals surface area contributed by atoms with E-state index < -0.39 is 17.8 Å². The maximum atomic E-state index is 13.0. The van der Waals surface area contributed by atoms with E-state index >= 15 is 0 Å². The predicted molar refractivity (Wildman–Crippen MR) is 119 cm³/mol. The van der Waals surface area contributed by atoms with Crippen molar-refractivity contribution in [1.82, 2.24) is 10.3 Å². The van der Waals surface area contributed by atoms with Crippen LogP contribution in [-0.4, -0.2) is 24.2 Å². The maximum absolute atomic E-state index is 13.0. The predicted octanol–water partition coefficient (Wildman–Crippen LogP) is 6.03. The van der Waals surface area contributed by atoms with Crippen molar-refractivity contribution < 1.29 is 22.7 Å². The molecule has 1 amide bonds. The van der Waals surface area contributed by atoms with Gasteiger partial charge in [-0.1, -0.05) is 72.0 Å². The molecule has 8 heteroatoms. The van der Waals surface area contributed by atoms with Gasteiger partial charge in [0.15, 0.2) is 0 Å². The van der Waals surface area contributed by atoms with Crippen LogP contribution in [0.3, 0.4) is 0 Å². The number of ether oxygens (including phenoxy) is 1. The Morgan fingerprint density at radius 3 is 2.36 bits per heavy atom. The van der Waals surface area contributed by atoms with E-state index in [0.717, 1.165) is 28.3 Å². The molecule has 168 valence electrons. The molecule has 1 aliphatic carbocycles. The summed E-state index contributed by atoms with van der Waals surface area (Å²) >= 11 is 5.68. The topological polar surface area (TPSA) is 51.2 Å². The average Bonchev–Trinajstić information content (AvgIpc) is 3.10. The van der Waals surface area contributed by atoms with Crippen LogP contribution in [0.5, 0.6) is 0 Å². The number of halogens is 4. The third-order valence-corrected chi connectivity index (χ3v) is 5.47. The molecule has 1 heterocycles. The number of alkyl halides is 3. The lowest BCUT2D eigenvalue weighted by molar-refractivity contribution is -0.138. The second-order valence-corrected chi connectivity index (χ2v) is 7.74. The van der Waals surface area contributed by atoms with E-state index in [0.29, 0.717) is 6.20 Å². The summed E-state index contributed by atoms with van der Waals surface area (Å²) in [5, 5.41) is 2.49. The fraction of sp³-hybridized carbons (Fsp3) is 0.200. The Morgan fingerprint density at radius 1 is 1.09 bits per heavy atom. The molecule has 0 spiro atoms. The molecule has 4 rings (SSSR count). The first-order chi connectivity index (χ1) is 15.8. The van der Waals surface area contributed by atoms with Gasteiger partial charge in [-0.15, -0.1) is 0 Å². The number of hydrogen-bond acceptors (Lipinski definition) is 3. The van der Waals surface area contributed by atoms with Crippen LogP contribution in [0.15, 0.2) is 60.8 Å². The highest BCUT2D eigenvalue weighted by Gasteiger charge is 2.33. The van der Waals surface area contributed by atoms with Crippen LogP contribution >= 0.6 is 11.6 Å². The lowest BCUT2D eigenvalue weighted by atomic mass is 9.98. The molecule has 33 heavy (non-hydrogen) atoms. The van der Waals surface area contributed by atoms with E-state index in [1.165, 1.54) is 0 Å². The van der Waals surface area contributed by atoms with Gasteiger partial charge in [-0.05, 0) is 28.3 Å². The van der Waals surface area contributed by atoms with Crippen molar-refractivity contribution in [2.24, 2.45) is 0 Å². The van der Waals surface area contributed by atoms with E-state index in [2.05, 4.69) is 22.1 Å². The highest BCUT2D eigenvalue weighted by molar-refractivity contribution is 6.29. The number of alkyl carbamates (subject to hydrolysis) is 1. The lowest BCUT2D eigenvalue weighted by Crippen LogP contribution is -2.26. The monoisotopic (exact) mass is 470 g/mol. The summed E-state index contributed by atoms with van der Waals surface area (Å²) in [5.41, 5.74) is 3.26. The third-order valence-electron chi connectivity index (χ3n) is 5.26. The minimum Gasteiger partial charge on any atom is -0.449 e. The summed E-state index contributed by atoms with van der Waals surface area (Å²) in [6, 6.07) is 17.1. The second-order valence-electron chi connectivity index (χ2n) is 7.35. The number of aromatic nitrogens is 1. The van der Waals surface area contributed by atoms with Crippen molar-refractivity contribution in [3.05, 3.63) is 88.2 Å². The van der Waals surface area contributed by atoms with Gasteiger partial charge < -0.3 is 10.1 Å². The van der Waals surface area contributed by atoms with Gasteiger partial charge in [-0.2, -0.15) is 13.2 Å². The number of fused-ring (bicyclic) bond motifs is 3. The van der Waals surface area contributed by atoms with Crippen LogP contribution in [-0.2, 0) is 10.9 Å². The zero-order chi connectivity index (χ0) is 23.4. The van der Waals surface area contributed by atoms with Gasteiger partial charge in [0, 0.05) is 30.6 Å². The minimum absolute atomic E-state index is 0.0554. The van der Waals surface area contributed by atoms with Gasteiger partial charge in [-0.3, -0.25) is 0 Å². The molecule has 1 aromatic heterocycles. The quantitative estimate of drug-likeness (QED) is 0.287. The van der Waals surface area contributed by atoms with Crippen LogP contribution in [0.25, 0.3) is 11.1 Å². The Morgan fingerprint density at radius 2 is 1.73 bits per heavy atom. The molecule has 0 atom stereocenters. The summed E-state index contributed by atoms with van der Waals surface area (Å²) in [4.78, 5) is 15.6. The van der Waals surface area contributed by atoms with Crippen molar-refractivity contribution >= 4 is 17.7 Å². The summed E-state index contributed by atoms with van der Waals surface area (Å²) in [7, 11) is 0. The molecule has 3 aromatic rings. The molecule has 0 fully saturated rings. The summed E-state index contributed by atoms with van der Waals surface area (Å²) < 4.78 is 44.5. The summed E-state index contributed by atoms with van der Waals surface area (Å²) in [6.07, 6.45) is -4.40. The zero-order valence-electron chi connectivity index (χ0n) is 17.2. The van der Waals surface area contributed by atoms with Gasteiger partial charge in [0.25, 0.3) is 0 Å². The highest BCUT2D eigenvalue weighted by Crippen LogP contribution is 2.44. The van der Waals surface area contributed by atoms with E-state index in [1.807, 2.05) is 48.5 Å². The average molecular weight is 471 g/mol. The summed E-state index contributed by atoms with van der Waals surface area (Å²) in [5.74, 6) is 5.00. The van der Waals surface area contributed by atoms with Crippen LogP contribution in [0.4, 0.5) is 18.0 Å². The van der Waals surface area contributed by atoms with Crippen LogP contribution in [0.2, 0.25) is 5.15 Å². The molecule has 2 aromatic carbocycles. The van der Waals surface area contributed by atoms with E-state index in [1.54, 1.807) is 0 Å². The lowest BCUT2D eigenvalue weighted by Gasteiger charge is -2.14. The number of carbonyl (C=O) groups is 1. The van der Waals surface area contributed by atoms with Crippen LogP contribution < -0.4 is 5.32 Å². The number of nitrogens with zero attached hydrogens (tertiary/aromatic N) is 1. The first-order valence-electron chi connectivity index (χ1n) is 10.1. The Balaban J connectivity index is 1.31. The standard InChI is InChI=1S/C25H18ClF3N2O2/c26-23-13-16(22(14-31-23)25(27,28)29)7-5-6-12-30-24(32)33-15-21-19-10-3-1-8-17(19)18-9-2-4-11-20(18)21/h1-4,8-11,13-14,21H,6,12,15H2,(H,30,32). The summed E-state index contributed by atoms with van der Waals surface area (Å²) in [6.45, 7) is 0.305. The molecule has 0 saturated heterocycles. The zero-order valence-corrected chi connectivity index (χ0v) is 18.0. The molecule has 1 aliphatic rings. The van der Waals surface area contributed by atoms with E-state index in [9.17, 15) is 18.0 Å². The smallest absolute Gasteiger partial charge is 0.419 e. The van der Waals surface area contributed by atoms with Crippen molar-refractivity contribution in [3.63, 3.8) is 0 Å². The Hall–Kier alpha value is -3.50. The van der Waals surface area contributed by atoms with Gasteiger partial charge in [-0.25, -0.2) is 9.78 Å². The number of benzene rings is 2. The Labute approximate surface area is 193 Å². The van der Waals surface area contributed by atoms with Crippen molar-refractivity contribution in [2.75, 3.05) is 13.2 Å². The molecule has 4 nitrogen and oxygen atoms in total. The number of pyridine rings is 1. The number of rotatable bonds is 4. The van der Waals surface area contributed by atoms with Crippen molar-refractivity contribution in [2.45, 2.75) is 18.5 Å². The van der Waals surface area contributed by atoms with Crippen LogP contribution in [0.1, 0.15) is 34.6 Å². The highest BCUT2D eigenvalue weighted by atomic mass is 35.5. The normalized spacial score (nSPS) is 12.4. The number of hydrogen-bond donors (Lipinski definition) is 1. The molecule has 0 unspecified atom stereocenters. The Bertz CT molecular complexity index is 1200. The molecule has 0 bridgehead atoms. The fourth-order valence-corrected chi connectivity index (χ4v) is 3.95. The van der Waals surface area contributed by atoms with Crippen molar-refractivity contribution in [1.29, 1.82) is 0 Å². The number of carbonyl (C=O) groups excluding carboxylic acids is 1. The van der Waals surface area contributed by atoms with Crippen molar-refractivity contribution in [3.8, 4) is 23.0 Å². The molecule has 1 N–H and O–H groups in total. The third kappa shape index (κ3) is 5.12. The largest absolute Gasteiger partial charge is 0.449 e. The molecular formula is C25H18ClF3N2O2. The SMILES string of the molecule is O=C(NCCC#Cc1cc(Cl)ncc1C(F)(F)F)OCC1c2ccccc2-c2ccccc21. The van der Waals surface area contributed by atoms with E-state index in [4.69, 9.17) is 16.3 Å². The van der Waals surface area contributed by atoms with Gasteiger partial charge in [0.1, 0.15) is 11.8 Å². The fourth-order valence-electron chi connectivity index (χ4n) is 3.79. The number of nitrogens with one attached hydrogen (secondary N) is 1. The first kappa shape index (κ1) is 22.7. The molecule has 0 radical (unpaired) electrons.